The smallest absolute Gasteiger partial charge is 0.414 e. The first-order chi connectivity index (χ1) is 18.0. The Labute approximate surface area is 215 Å². The first-order valence-electron chi connectivity index (χ1n) is 12.4. The van der Waals surface area contributed by atoms with Crippen LogP contribution in [0.4, 0.5) is 14.9 Å². The molecule has 7 heteroatoms. The molecule has 0 saturated carbocycles. The number of pyridine rings is 1. The van der Waals surface area contributed by atoms with Crippen molar-refractivity contribution in [3.8, 4) is 11.1 Å². The van der Waals surface area contributed by atoms with Gasteiger partial charge < -0.3 is 10.1 Å². The Hall–Kier alpha value is -4.26. The number of cyclic esters (lactones) is 1. The molecule has 3 aromatic carbocycles. The van der Waals surface area contributed by atoms with Gasteiger partial charge in [0.15, 0.2) is 0 Å². The van der Waals surface area contributed by atoms with Crippen LogP contribution in [0.1, 0.15) is 24.5 Å². The van der Waals surface area contributed by atoms with Crippen LogP contribution in [-0.2, 0) is 22.4 Å². The molecule has 1 aromatic heterocycles. The fraction of sp³-hybridized carbons (Fsp3) is 0.233. The minimum atomic E-state index is -0.550. The Balaban J connectivity index is 1.21. The first-order valence-corrected chi connectivity index (χ1v) is 12.4. The van der Waals surface area contributed by atoms with Crippen molar-refractivity contribution >= 4 is 28.5 Å². The number of aryl methyl sites for hydroxylation is 2. The van der Waals surface area contributed by atoms with E-state index in [1.165, 1.54) is 34.4 Å². The van der Waals surface area contributed by atoms with Gasteiger partial charge in [-0.25, -0.2) is 9.18 Å². The Kier molecular flexibility index (Phi) is 7.12. The molecule has 0 spiro atoms. The number of hydrogen-bond acceptors (Lipinski definition) is 4. The van der Waals surface area contributed by atoms with E-state index in [1.54, 1.807) is 12.1 Å². The number of halogens is 1. The largest absolute Gasteiger partial charge is 0.442 e. The maximum atomic E-state index is 15.0. The number of aromatic nitrogens is 1. The highest BCUT2D eigenvalue weighted by molar-refractivity contribution is 5.90. The summed E-state index contributed by atoms with van der Waals surface area (Å²) >= 11 is 0. The molecule has 1 N–H and O–H groups in total. The van der Waals surface area contributed by atoms with Crippen LogP contribution in [0.2, 0.25) is 0 Å². The summed E-state index contributed by atoms with van der Waals surface area (Å²) in [7, 11) is 0. The van der Waals surface area contributed by atoms with Crippen molar-refractivity contribution in [2.45, 2.75) is 32.3 Å². The highest BCUT2D eigenvalue weighted by atomic mass is 19.1. The van der Waals surface area contributed by atoms with Crippen LogP contribution in [0.15, 0.2) is 79.1 Å². The summed E-state index contributed by atoms with van der Waals surface area (Å²) in [5.41, 5.74) is 4.12. The number of hydrogen-bond donors (Lipinski definition) is 1. The molecule has 0 radical (unpaired) electrons. The Morgan fingerprint density at radius 2 is 1.89 bits per heavy atom. The maximum absolute atomic E-state index is 15.0. The van der Waals surface area contributed by atoms with Crippen molar-refractivity contribution in [1.82, 2.24) is 10.3 Å². The zero-order valence-electron chi connectivity index (χ0n) is 20.6. The summed E-state index contributed by atoms with van der Waals surface area (Å²) in [6.45, 7) is 1.88. The van der Waals surface area contributed by atoms with E-state index in [1.807, 2.05) is 42.7 Å². The topological polar surface area (TPSA) is 71.5 Å². The second kappa shape index (κ2) is 10.8. The van der Waals surface area contributed by atoms with Gasteiger partial charge in [0.05, 0.1) is 18.8 Å². The first kappa shape index (κ1) is 24.4. The molecule has 1 fully saturated rings. The molecule has 1 saturated heterocycles. The Bertz CT molecular complexity index is 1430. The molecular formula is C30H28FN3O3. The number of amides is 2. The third-order valence-corrected chi connectivity index (χ3v) is 6.64. The molecule has 1 aliphatic rings. The number of nitrogens with one attached hydrogen (secondary N) is 1. The summed E-state index contributed by atoms with van der Waals surface area (Å²) in [4.78, 5) is 29.1. The van der Waals surface area contributed by atoms with Crippen LogP contribution < -0.4 is 10.2 Å². The van der Waals surface area contributed by atoms with E-state index in [0.717, 1.165) is 30.2 Å². The molecule has 0 bridgehead atoms. The minimum absolute atomic E-state index is 0.196. The lowest BCUT2D eigenvalue weighted by Gasteiger charge is -2.15. The average Bonchev–Trinajstić information content (AvgIpc) is 3.28. The van der Waals surface area contributed by atoms with Crippen LogP contribution in [0.25, 0.3) is 21.9 Å². The maximum Gasteiger partial charge on any atom is 0.414 e. The number of carbonyl (C=O) groups is 2. The van der Waals surface area contributed by atoms with Gasteiger partial charge in [0.25, 0.3) is 0 Å². The van der Waals surface area contributed by atoms with Crippen molar-refractivity contribution in [1.29, 1.82) is 0 Å². The standard InChI is InChI=1S/C30H28FN3O3/c1-20(35)33-18-26-19-34(30(36)37-26)25-13-14-28(29(31)15-25)22-11-9-21(10-12-22)5-4-7-24-17-32-16-23-6-2-3-8-27(23)24/h2-3,6,8-17,26H,4-5,7,18-19H2,1H3,(H,33,35)/t26-/m0/s1. The third-order valence-electron chi connectivity index (χ3n) is 6.64. The normalized spacial score (nSPS) is 15.1. The summed E-state index contributed by atoms with van der Waals surface area (Å²) in [6, 6.07) is 21.0. The van der Waals surface area contributed by atoms with E-state index in [4.69, 9.17) is 4.74 Å². The summed E-state index contributed by atoms with van der Waals surface area (Å²) in [5.74, 6) is -0.607. The second-order valence-corrected chi connectivity index (χ2v) is 9.29. The molecule has 0 aliphatic carbocycles. The molecule has 2 heterocycles. The minimum Gasteiger partial charge on any atom is -0.442 e. The highest BCUT2D eigenvalue weighted by Gasteiger charge is 2.32. The van der Waals surface area contributed by atoms with Crippen molar-refractivity contribution in [3.05, 3.63) is 96.1 Å². The zero-order valence-corrected chi connectivity index (χ0v) is 20.6. The van der Waals surface area contributed by atoms with Gasteiger partial charge in [0.1, 0.15) is 11.9 Å². The van der Waals surface area contributed by atoms with Crippen molar-refractivity contribution < 1.29 is 18.7 Å². The SMILES string of the molecule is CC(=O)NC[C@H]1CN(c2ccc(-c3ccc(CCCc4cncc5ccccc45)cc3)c(F)c2)C(=O)O1. The van der Waals surface area contributed by atoms with Crippen molar-refractivity contribution in [2.24, 2.45) is 0 Å². The van der Waals surface area contributed by atoms with Gasteiger partial charge in [-0.05, 0) is 59.5 Å². The molecule has 2 amide bonds. The molecule has 1 atom stereocenters. The van der Waals surface area contributed by atoms with Gasteiger partial charge >= 0.3 is 6.09 Å². The quantitative estimate of drug-likeness (QED) is 0.340. The van der Waals surface area contributed by atoms with E-state index in [9.17, 15) is 9.59 Å². The summed E-state index contributed by atoms with van der Waals surface area (Å²) in [6.07, 6.45) is 5.67. The fourth-order valence-electron chi connectivity index (χ4n) is 4.71. The van der Waals surface area contributed by atoms with Gasteiger partial charge in [-0.15, -0.1) is 0 Å². The van der Waals surface area contributed by atoms with Crippen LogP contribution >= 0.6 is 0 Å². The second-order valence-electron chi connectivity index (χ2n) is 9.29. The van der Waals surface area contributed by atoms with E-state index >= 15 is 4.39 Å². The van der Waals surface area contributed by atoms with E-state index in [2.05, 4.69) is 28.5 Å². The summed E-state index contributed by atoms with van der Waals surface area (Å²) < 4.78 is 20.3. The predicted molar refractivity (Wildman–Crippen MR) is 142 cm³/mol. The number of carbonyl (C=O) groups excluding carboxylic acids is 2. The van der Waals surface area contributed by atoms with Crippen LogP contribution in [0.5, 0.6) is 0 Å². The van der Waals surface area contributed by atoms with Crippen LogP contribution in [-0.4, -0.2) is 36.2 Å². The van der Waals surface area contributed by atoms with Crippen LogP contribution in [0.3, 0.4) is 0 Å². The van der Waals surface area contributed by atoms with Gasteiger partial charge in [0, 0.05) is 30.3 Å². The fourth-order valence-corrected chi connectivity index (χ4v) is 4.71. The average molecular weight is 498 g/mol. The number of benzene rings is 3. The van der Waals surface area contributed by atoms with Crippen molar-refractivity contribution in [2.75, 3.05) is 18.0 Å². The van der Waals surface area contributed by atoms with E-state index in [0.29, 0.717) is 11.3 Å². The Morgan fingerprint density at radius 1 is 1.08 bits per heavy atom. The zero-order chi connectivity index (χ0) is 25.8. The monoisotopic (exact) mass is 497 g/mol. The lowest BCUT2D eigenvalue weighted by molar-refractivity contribution is -0.119. The molecule has 5 rings (SSSR count). The third kappa shape index (κ3) is 5.61. The molecule has 37 heavy (non-hydrogen) atoms. The lowest BCUT2D eigenvalue weighted by atomic mass is 9.98. The highest BCUT2D eigenvalue weighted by Crippen LogP contribution is 2.29. The molecule has 4 aromatic rings. The molecule has 0 unspecified atom stereocenters. The summed E-state index contributed by atoms with van der Waals surface area (Å²) in [5, 5.41) is 5.04. The molecule has 188 valence electrons. The predicted octanol–water partition coefficient (Wildman–Crippen LogP) is 5.68. The van der Waals surface area contributed by atoms with E-state index in [-0.39, 0.29) is 19.0 Å². The number of anilines is 1. The Morgan fingerprint density at radius 3 is 2.68 bits per heavy atom. The molecule has 1 aliphatic heterocycles. The number of ether oxygens (including phenoxy) is 1. The molecule has 6 nitrogen and oxygen atoms in total. The lowest BCUT2D eigenvalue weighted by Crippen LogP contribution is -2.33. The van der Waals surface area contributed by atoms with E-state index < -0.39 is 18.0 Å². The van der Waals surface area contributed by atoms with Crippen LogP contribution in [0, 0.1) is 5.82 Å². The number of fused-ring (bicyclic) bond motifs is 1. The van der Waals surface area contributed by atoms with Crippen molar-refractivity contribution in [3.63, 3.8) is 0 Å². The van der Waals surface area contributed by atoms with Gasteiger partial charge in [-0.2, -0.15) is 0 Å². The van der Waals surface area contributed by atoms with Gasteiger partial charge in [0.2, 0.25) is 5.91 Å². The van der Waals surface area contributed by atoms with Gasteiger partial charge in [-0.1, -0.05) is 48.5 Å². The number of nitrogens with zero attached hydrogens (tertiary/aromatic N) is 2. The van der Waals surface area contributed by atoms with Gasteiger partial charge in [-0.3, -0.25) is 14.7 Å². The number of rotatable bonds is 8. The molecular weight excluding hydrogens is 469 g/mol.